The Morgan fingerprint density at radius 1 is 1.04 bits per heavy atom. The van der Waals surface area contributed by atoms with Crippen molar-refractivity contribution in [3.8, 4) is 22.6 Å². The third-order valence-electron chi connectivity index (χ3n) is 3.68. The van der Waals surface area contributed by atoms with Crippen molar-refractivity contribution in [3.05, 3.63) is 60.0 Å². The van der Waals surface area contributed by atoms with Crippen molar-refractivity contribution in [2.45, 2.75) is 11.8 Å². The van der Waals surface area contributed by atoms with Gasteiger partial charge in [0, 0.05) is 29.2 Å². The van der Waals surface area contributed by atoms with Crippen molar-refractivity contribution >= 4 is 15.9 Å². The Balaban J connectivity index is 2.45. The lowest BCUT2D eigenvalue weighted by molar-refractivity contribution is 0.100. The average molecular weight is 369 g/mol. The zero-order chi connectivity index (χ0) is 18.9. The molecule has 1 amide bonds. The van der Waals surface area contributed by atoms with E-state index in [0.717, 1.165) is 0 Å². The lowest BCUT2D eigenvalue weighted by Gasteiger charge is -2.15. The topological polar surface area (TPSA) is 142 Å². The van der Waals surface area contributed by atoms with E-state index in [-0.39, 0.29) is 27.5 Å². The number of carbonyl (C=O) groups is 1. The van der Waals surface area contributed by atoms with Crippen molar-refractivity contribution in [2.24, 2.45) is 10.9 Å². The highest BCUT2D eigenvalue weighted by molar-refractivity contribution is 7.89. The largest absolute Gasteiger partial charge is 0.366 e. The molecule has 0 fully saturated rings. The first kappa shape index (κ1) is 17.6. The first-order valence-corrected chi connectivity index (χ1v) is 9.04. The molecule has 0 radical (unpaired) electrons. The Morgan fingerprint density at radius 3 is 2.38 bits per heavy atom. The van der Waals surface area contributed by atoms with Crippen molar-refractivity contribution in [1.82, 2.24) is 15.0 Å². The van der Waals surface area contributed by atoms with E-state index in [1.807, 2.05) is 0 Å². The molecule has 2 heterocycles. The van der Waals surface area contributed by atoms with Crippen molar-refractivity contribution < 1.29 is 13.2 Å². The molecule has 0 saturated carbocycles. The number of pyridine rings is 1. The Labute approximate surface area is 150 Å². The van der Waals surface area contributed by atoms with E-state index in [1.54, 1.807) is 31.2 Å². The number of aryl methyl sites for hydroxylation is 1. The van der Waals surface area contributed by atoms with Crippen LogP contribution in [0.25, 0.3) is 22.6 Å². The fourth-order valence-corrected chi connectivity index (χ4v) is 3.36. The average Bonchev–Trinajstić information content (AvgIpc) is 2.60. The summed E-state index contributed by atoms with van der Waals surface area (Å²) >= 11 is 0. The predicted octanol–water partition coefficient (Wildman–Crippen LogP) is 1.26. The van der Waals surface area contributed by atoms with Gasteiger partial charge >= 0.3 is 0 Å². The van der Waals surface area contributed by atoms with E-state index in [4.69, 9.17) is 10.9 Å². The van der Waals surface area contributed by atoms with Crippen molar-refractivity contribution in [1.29, 1.82) is 0 Å². The number of primary amides is 1. The van der Waals surface area contributed by atoms with Crippen molar-refractivity contribution in [2.75, 3.05) is 0 Å². The molecule has 26 heavy (non-hydrogen) atoms. The molecule has 0 aliphatic heterocycles. The molecule has 9 heteroatoms. The lowest BCUT2D eigenvalue weighted by Crippen LogP contribution is -2.20. The van der Waals surface area contributed by atoms with Crippen LogP contribution in [0.15, 0.2) is 53.7 Å². The van der Waals surface area contributed by atoms with Crippen LogP contribution in [0.3, 0.4) is 0 Å². The summed E-state index contributed by atoms with van der Waals surface area (Å²) in [6.45, 7) is 1.77. The van der Waals surface area contributed by atoms with Crippen LogP contribution in [0.1, 0.15) is 16.1 Å². The molecule has 0 bridgehead atoms. The van der Waals surface area contributed by atoms with Gasteiger partial charge in [0.1, 0.15) is 0 Å². The van der Waals surface area contributed by atoms with Gasteiger partial charge in [0.2, 0.25) is 15.9 Å². The summed E-state index contributed by atoms with van der Waals surface area (Å²) < 4.78 is 24.1. The summed E-state index contributed by atoms with van der Waals surface area (Å²) in [6, 6.07) is 9.31. The fraction of sp³-hybridized carbons (Fsp3) is 0.0588. The summed E-state index contributed by atoms with van der Waals surface area (Å²) in [5.74, 6) is -0.590. The highest BCUT2D eigenvalue weighted by atomic mass is 32.2. The zero-order valence-corrected chi connectivity index (χ0v) is 14.6. The van der Waals surface area contributed by atoms with Crippen LogP contribution in [0.2, 0.25) is 0 Å². The van der Waals surface area contributed by atoms with E-state index in [0.29, 0.717) is 11.3 Å². The normalized spacial score (nSPS) is 11.3. The SMILES string of the molecule is Cc1ccnc(-c2ccc(S(N)(=O)=O)c(-c3ccccn3)c2C(N)=O)n1. The lowest BCUT2D eigenvalue weighted by atomic mass is 9.97. The predicted molar refractivity (Wildman–Crippen MR) is 95.3 cm³/mol. The number of carbonyl (C=O) groups excluding carboxylic acids is 1. The quantitative estimate of drug-likeness (QED) is 0.709. The molecule has 0 aliphatic rings. The monoisotopic (exact) mass is 369 g/mol. The van der Waals surface area contributed by atoms with Crippen LogP contribution in [0.5, 0.6) is 0 Å². The number of sulfonamides is 1. The number of benzene rings is 1. The van der Waals surface area contributed by atoms with Crippen LogP contribution in [0, 0.1) is 6.92 Å². The molecular formula is C17H15N5O3S. The molecule has 0 unspecified atom stereocenters. The maximum Gasteiger partial charge on any atom is 0.250 e. The summed E-state index contributed by atoms with van der Waals surface area (Å²) in [5, 5.41) is 5.34. The van der Waals surface area contributed by atoms with Crippen LogP contribution >= 0.6 is 0 Å². The van der Waals surface area contributed by atoms with Crippen LogP contribution in [-0.4, -0.2) is 29.3 Å². The summed E-state index contributed by atoms with van der Waals surface area (Å²) in [7, 11) is -4.13. The number of nitrogens with zero attached hydrogens (tertiary/aromatic N) is 3. The van der Waals surface area contributed by atoms with E-state index >= 15 is 0 Å². The van der Waals surface area contributed by atoms with E-state index in [9.17, 15) is 13.2 Å². The van der Waals surface area contributed by atoms with E-state index in [2.05, 4.69) is 15.0 Å². The third kappa shape index (κ3) is 3.30. The third-order valence-corrected chi connectivity index (χ3v) is 4.63. The molecule has 4 N–H and O–H groups in total. The fourth-order valence-electron chi connectivity index (χ4n) is 2.61. The summed E-state index contributed by atoms with van der Waals surface area (Å²) in [4.78, 5) is 24.6. The standard InChI is InChI=1S/C17H15N5O3S/c1-10-7-9-21-17(22-10)11-5-6-13(26(19,24)25)15(14(11)16(18)23)12-4-2-3-8-20-12/h2-9H,1H3,(H2,18,23)(H2,19,24,25). The molecule has 0 atom stereocenters. The van der Waals surface area contributed by atoms with Gasteiger partial charge < -0.3 is 5.73 Å². The van der Waals surface area contributed by atoms with Gasteiger partial charge in [0.25, 0.3) is 0 Å². The Morgan fingerprint density at radius 2 is 1.81 bits per heavy atom. The van der Waals surface area contributed by atoms with Crippen LogP contribution in [-0.2, 0) is 10.0 Å². The summed E-state index contributed by atoms with van der Waals surface area (Å²) in [6.07, 6.45) is 3.01. The minimum absolute atomic E-state index is 0.0307. The Hall–Kier alpha value is -3.17. The van der Waals surface area contributed by atoms with Gasteiger partial charge in [-0.2, -0.15) is 0 Å². The Bertz CT molecular complexity index is 1100. The first-order valence-electron chi connectivity index (χ1n) is 7.50. The van der Waals surface area contributed by atoms with Crippen LogP contribution < -0.4 is 10.9 Å². The second-order valence-corrected chi connectivity index (χ2v) is 7.04. The minimum atomic E-state index is -4.13. The molecule has 0 spiro atoms. The number of primary sulfonamides is 1. The smallest absolute Gasteiger partial charge is 0.250 e. The molecule has 2 aromatic heterocycles. The zero-order valence-electron chi connectivity index (χ0n) is 13.7. The number of hydrogen-bond donors (Lipinski definition) is 2. The molecule has 8 nitrogen and oxygen atoms in total. The number of nitrogens with two attached hydrogens (primary N) is 2. The van der Waals surface area contributed by atoms with Gasteiger partial charge in [-0.3, -0.25) is 9.78 Å². The maximum atomic E-state index is 12.3. The number of amides is 1. The van der Waals surface area contributed by atoms with Gasteiger partial charge in [0.05, 0.1) is 16.2 Å². The van der Waals surface area contributed by atoms with Crippen molar-refractivity contribution in [3.63, 3.8) is 0 Å². The number of rotatable bonds is 4. The second-order valence-electron chi connectivity index (χ2n) is 5.51. The van der Waals surface area contributed by atoms with Gasteiger partial charge in [-0.25, -0.2) is 23.5 Å². The molecule has 132 valence electrons. The molecule has 1 aromatic carbocycles. The molecule has 0 saturated heterocycles. The highest BCUT2D eigenvalue weighted by Gasteiger charge is 2.26. The first-order chi connectivity index (χ1) is 12.3. The number of aromatic nitrogens is 3. The molecule has 0 aliphatic carbocycles. The van der Waals surface area contributed by atoms with E-state index in [1.165, 1.54) is 24.5 Å². The van der Waals surface area contributed by atoms with Gasteiger partial charge in [-0.15, -0.1) is 0 Å². The number of hydrogen-bond acceptors (Lipinski definition) is 6. The van der Waals surface area contributed by atoms with Gasteiger partial charge in [0.15, 0.2) is 5.82 Å². The van der Waals surface area contributed by atoms with Gasteiger partial charge in [-0.05, 0) is 37.3 Å². The minimum Gasteiger partial charge on any atom is -0.366 e. The second kappa shape index (κ2) is 6.62. The maximum absolute atomic E-state index is 12.3. The van der Waals surface area contributed by atoms with Crippen LogP contribution in [0.4, 0.5) is 0 Å². The Kier molecular flexibility index (Phi) is 4.49. The highest BCUT2D eigenvalue weighted by Crippen LogP contribution is 2.34. The molecule has 3 rings (SSSR count). The van der Waals surface area contributed by atoms with E-state index < -0.39 is 15.9 Å². The van der Waals surface area contributed by atoms with Gasteiger partial charge in [-0.1, -0.05) is 6.07 Å². The molecular weight excluding hydrogens is 354 g/mol. The molecule has 3 aromatic rings. The summed E-state index contributed by atoms with van der Waals surface area (Å²) in [5.41, 5.74) is 6.79.